The van der Waals surface area contributed by atoms with Crippen molar-refractivity contribution in [2.75, 3.05) is 18.4 Å². The Bertz CT molecular complexity index is 556. The van der Waals surface area contributed by atoms with Crippen LogP contribution in [0.4, 0.5) is 5.69 Å². The van der Waals surface area contributed by atoms with Gasteiger partial charge in [0.25, 0.3) is 0 Å². The zero-order valence-electron chi connectivity index (χ0n) is 11.6. The predicted octanol–water partition coefficient (Wildman–Crippen LogP) is 3.12. The molecule has 0 amide bonds. The molecule has 102 valence electrons. The summed E-state index contributed by atoms with van der Waals surface area (Å²) in [6.45, 7) is 6.30. The lowest BCUT2D eigenvalue weighted by atomic mass is 10.2. The van der Waals surface area contributed by atoms with Gasteiger partial charge in [0, 0.05) is 24.2 Å². The Morgan fingerprint density at radius 3 is 3.11 bits per heavy atom. The van der Waals surface area contributed by atoms with Crippen LogP contribution in [0.3, 0.4) is 0 Å². The summed E-state index contributed by atoms with van der Waals surface area (Å²) in [5, 5.41) is 6.96. The van der Waals surface area contributed by atoms with Crippen LogP contribution in [-0.2, 0) is 0 Å². The van der Waals surface area contributed by atoms with Gasteiger partial charge in [0.15, 0.2) is 11.5 Å². The molecule has 1 unspecified atom stereocenters. The number of nitrogens with one attached hydrogen (secondary N) is 2. The quantitative estimate of drug-likeness (QED) is 0.885. The second-order valence-electron chi connectivity index (χ2n) is 5.56. The molecule has 1 fully saturated rings. The molecule has 0 saturated carbocycles. The smallest absolute Gasteiger partial charge is 0.198 e. The number of nitrogens with zero attached hydrogens (tertiary/aromatic N) is 1. The molecular formula is C15H21N3O. The Morgan fingerprint density at radius 1 is 1.47 bits per heavy atom. The minimum atomic E-state index is 0.325. The first-order chi connectivity index (χ1) is 9.22. The molecule has 1 aromatic heterocycles. The normalized spacial score (nSPS) is 19.4. The lowest BCUT2D eigenvalue weighted by Crippen LogP contribution is -2.29. The van der Waals surface area contributed by atoms with Crippen LogP contribution in [0.15, 0.2) is 22.6 Å². The van der Waals surface area contributed by atoms with Crippen LogP contribution in [0.5, 0.6) is 0 Å². The molecule has 4 nitrogen and oxygen atoms in total. The van der Waals surface area contributed by atoms with Gasteiger partial charge in [-0.05, 0) is 37.6 Å². The summed E-state index contributed by atoms with van der Waals surface area (Å²) < 4.78 is 5.71. The van der Waals surface area contributed by atoms with Gasteiger partial charge in [-0.25, -0.2) is 4.98 Å². The summed E-state index contributed by atoms with van der Waals surface area (Å²) in [7, 11) is 0. The van der Waals surface area contributed by atoms with E-state index in [4.69, 9.17) is 4.42 Å². The Morgan fingerprint density at radius 2 is 2.37 bits per heavy atom. The molecule has 3 rings (SSSR count). The molecule has 2 aromatic rings. The van der Waals surface area contributed by atoms with Crippen molar-refractivity contribution in [2.45, 2.75) is 38.6 Å². The van der Waals surface area contributed by atoms with Crippen LogP contribution < -0.4 is 10.6 Å². The minimum Gasteiger partial charge on any atom is -0.440 e. The van der Waals surface area contributed by atoms with Gasteiger partial charge in [-0.1, -0.05) is 13.8 Å². The zero-order valence-corrected chi connectivity index (χ0v) is 11.6. The van der Waals surface area contributed by atoms with Crippen molar-refractivity contribution in [1.82, 2.24) is 10.3 Å². The summed E-state index contributed by atoms with van der Waals surface area (Å²) in [5.74, 6) is 1.14. The van der Waals surface area contributed by atoms with E-state index < -0.39 is 0 Å². The topological polar surface area (TPSA) is 50.1 Å². The van der Waals surface area contributed by atoms with Gasteiger partial charge in [-0.3, -0.25) is 0 Å². The number of fused-ring (bicyclic) bond motifs is 1. The summed E-state index contributed by atoms with van der Waals surface area (Å²) in [6.07, 6.45) is 2.54. The molecule has 1 aliphatic heterocycles. The van der Waals surface area contributed by atoms with Crippen LogP contribution in [0.2, 0.25) is 0 Å². The van der Waals surface area contributed by atoms with Gasteiger partial charge in [0.1, 0.15) is 5.52 Å². The third-order valence-electron chi connectivity index (χ3n) is 3.61. The maximum absolute atomic E-state index is 5.71. The van der Waals surface area contributed by atoms with Crippen molar-refractivity contribution >= 4 is 16.8 Å². The highest BCUT2D eigenvalue weighted by atomic mass is 16.3. The molecule has 0 radical (unpaired) electrons. The fraction of sp³-hybridized carbons (Fsp3) is 0.533. The Hall–Kier alpha value is -1.55. The molecule has 2 N–H and O–H groups in total. The van der Waals surface area contributed by atoms with Crippen LogP contribution in [-0.4, -0.2) is 24.1 Å². The summed E-state index contributed by atoms with van der Waals surface area (Å²) in [6, 6.07) is 6.73. The first-order valence-corrected chi connectivity index (χ1v) is 7.10. The van der Waals surface area contributed by atoms with Gasteiger partial charge in [0.05, 0.1) is 0 Å². The summed E-state index contributed by atoms with van der Waals surface area (Å²) in [5.41, 5.74) is 2.92. The van der Waals surface area contributed by atoms with Crippen LogP contribution >= 0.6 is 0 Å². The third kappa shape index (κ3) is 2.73. The number of hydrogen-bond acceptors (Lipinski definition) is 4. The Balaban J connectivity index is 1.73. The van der Waals surface area contributed by atoms with Crippen LogP contribution in [0.25, 0.3) is 11.1 Å². The highest BCUT2D eigenvalue weighted by Crippen LogP contribution is 2.23. The van der Waals surface area contributed by atoms with E-state index >= 15 is 0 Å². The van der Waals surface area contributed by atoms with Gasteiger partial charge in [0.2, 0.25) is 0 Å². The van der Waals surface area contributed by atoms with E-state index in [-0.39, 0.29) is 0 Å². The monoisotopic (exact) mass is 259 g/mol. The van der Waals surface area contributed by atoms with E-state index in [1.54, 1.807) is 0 Å². The van der Waals surface area contributed by atoms with E-state index in [1.807, 2.05) is 6.07 Å². The summed E-state index contributed by atoms with van der Waals surface area (Å²) >= 11 is 0. The Labute approximate surface area is 113 Å². The van der Waals surface area contributed by atoms with Crippen molar-refractivity contribution in [3.63, 3.8) is 0 Å². The minimum absolute atomic E-state index is 0.325. The SMILES string of the molecule is CC(C)c1nc2cc(NCC3CCCN3)ccc2o1. The molecular weight excluding hydrogens is 238 g/mol. The van der Waals surface area contributed by atoms with E-state index in [0.29, 0.717) is 12.0 Å². The van der Waals surface area contributed by atoms with Crippen molar-refractivity contribution in [3.8, 4) is 0 Å². The molecule has 4 heteroatoms. The van der Waals surface area contributed by atoms with Crippen molar-refractivity contribution in [3.05, 3.63) is 24.1 Å². The lowest BCUT2D eigenvalue weighted by Gasteiger charge is -2.12. The fourth-order valence-electron chi connectivity index (χ4n) is 2.47. The van der Waals surface area contributed by atoms with Crippen LogP contribution in [0.1, 0.15) is 38.5 Å². The van der Waals surface area contributed by atoms with Gasteiger partial charge in [-0.15, -0.1) is 0 Å². The highest BCUT2D eigenvalue weighted by molar-refractivity contribution is 5.77. The average Bonchev–Trinajstić information content (AvgIpc) is 3.04. The standard InChI is InChI=1S/C15H21N3O/c1-10(2)15-18-13-8-11(5-6-14(13)19-15)17-9-12-4-3-7-16-12/h5-6,8,10,12,16-17H,3-4,7,9H2,1-2H3. The van der Waals surface area contributed by atoms with Crippen molar-refractivity contribution in [1.29, 1.82) is 0 Å². The number of aromatic nitrogens is 1. The molecule has 19 heavy (non-hydrogen) atoms. The number of rotatable bonds is 4. The third-order valence-corrected chi connectivity index (χ3v) is 3.61. The highest BCUT2D eigenvalue weighted by Gasteiger charge is 2.14. The zero-order chi connectivity index (χ0) is 13.2. The van der Waals surface area contributed by atoms with Gasteiger partial charge < -0.3 is 15.1 Å². The maximum atomic E-state index is 5.71. The van der Waals surface area contributed by atoms with Crippen molar-refractivity contribution in [2.24, 2.45) is 0 Å². The van der Waals surface area contributed by atoms with E-state index in [1.165, 1.54) is 12.8 Å². The number of hydrogen-bond donors (Lipinski definition) is 2. The maximum Gasteiger partial charge on any atom is 0.198 e. The Kier molecular flexibility index (Phi) is 3.42. The van der Waals surface area contributed by atoms with Crippen LogP contribution in [0, 0.1) is 0 Å². The predicted molar refractivity (Wildman–Crippen MR) is 77.6 cm³/mol. The fourth-order valence-corrected chi connectivity index (χ4v) is 2.47. The molecule has 2 heterocycles. The molecule has 1 atom stereocenters. The van der Waals surface area contributed by atoms with E-state index in [0.717, 1.165) is 35.8 Å². The lowest BCUT2D eigenvalue weighted by molar-refractivity contribution is 0.501. The largest absolute Gasteiger partial charge is 0.440 e. The van der Waals surface area contributed by atoms with E-state index in [2.05, 4.69) is 41.6 Å². The molecule has 1 aromatic carbocycles. The number of anilines is 1. The molecule has 0 aliphatic carbocycles. The van der Waals surface area contributed by atoms with Gasteiger partial charge >= 0.3 is 0 Å². The van der Waals surface area contributed by atoms with Gasteiger partial charge in [-0.2, -0.15) is 0 Å². The summed E-state index contributed by atoms with van der Waals surface area (Å²) in [4.78, 5) is 4.53. The first kappa shape index (κ1) is 12.5. The first-order valence-electron chi connectivity index (χ1n) is 7.10. The second kappa shape index (κ2) is 5.21. The second-order valence-corrected chi connectivity index (χ2v) is 5.56. The number of benzene rings is 1. The molecule has 1 aliphatic rings. The van der Waals surface area contributed by atoms with E-state index in [9.17, 15) is 0 Å². The number of oxazole rings is 1. The molecule has 0 bridgehead atoms. The average molecular weight is 259 g/mol. The van der Waals surface area contributed by atoms with Crippen molar-refractivity contribution < 1.29 is 4.42 Å². The molecule has 0 spiro atoms. The molecule has 1 saturated heterocycles.